The van der Waals surface area contributed by atoms with Crippen LogP contribution in [-0.4, -0.2) is 5.97 Å². The van der Waals surface area contributed by atoms with E-state index < -0.39 is 0 Å². The molecule has 0 spiro atoms. The summed E-state index contributed by atoms with van der Waals surface area (Å²) in [6.45, 7) is 6.64. The van der Waals surface area contributed by atoms with Crippen LogP contribution in [0, 0.1) is 12.8 Å². The van der Waals surface area contributed by atoms with Crippen LogP contribution >= 0.6 is 0 Å². The van der Waals surface area contributed by atoms with Gasteiger partial charge in [0, 0.05) is 6.42 Å². The molecule has 1 aromatic carbocycles. The smallest absolute Gasteiger partial charge is 0.306 e. The Morgan fingerprint density at radius 1 is 1.25 bits per heavy atom. The third kappa shape index (κ3) is 4.96. The summed E-state index contributed by atoms with van der Waals surface area (Å²) in [5.41, 5.74) is 2.26. The maximum Gasteiger partial charge on any atom is 0.306 e. The van der Waals surface area contributed by atoms with Gasteiger partial charge in [-0.1, -0.05) is 43.7 Å². The van der Waals surface area contributed by atoms with Crippen molar-refractivity contribution < 1.29 is 9.53 Å². The number of hydrogen-bond acceptors (Lipinski definition) is 2. The van der Waals surface area contributed by atoms with E-state index >= 15 is 0 Å². The van der Waals surface area contributed by atoms with Crippen LogP contribution in [0.25, 0.3) is 0 Å². The van der Waals surface area contributed by atoms with Gasteiger partial charge in [0.05, 0.1) is 0 Å². The predicted molar refractivity (Wildman–Crippen MR) is 65.0 cm³/mol. The first-order chi connectivity index (χ1) is 7.58. The highest BCUT2D eigenvalue weighted by Gasteiger charge is 2.04. The van der Waals surface area contributed by atoms with Crippen LogP contribution in [0.1, 0.15) is 37.8 Å². The van der Waals surface area contributed by atoms with E-state index in [1.165, 1.54) is 5.56 Å². The molecule has 0 saturated heterocycles. The van der Waals surface area contributed by atoms with Gasteiger partial charge in [0.15, 0.2) is 0 Å². The number of aryl methyl sites for hydroxylation is 1. The van der Waals surface area contributed by atoms with Crippen molar-refractivity contribution in [2.24, 2.45) is 5.92 Å². The van der Waals surface area contributed by atoms with Gasteiger partial charge in [-0.15, -0.1) is 0 Å². The lowest BCUT2D eigenvalue weighted by molar-refractivity contribution is -0.145. The first kappa shape index (κ1) is 12.8. The third-order valence-corrected chi connectivity index (χ3v) is 2.45. The van der Waals surface area contributed by atoms with Crippen LogP contribution in [0.3, 0.4) is 0 Å². The largest absolute Gasteiger partial charge is 0.461 e. The molecule has 0 saturated carbocycles. The molecular formula is C14H20O2. The van der Waals surface area contributed by atoms with E-state index in [9.17, 15) is 4.79 Å². The molecule has 0 atom stereocenters. The van der Waals surface area contributed by atoms with Crippen molar-refractivity contribution in [3.05, 3.63) is 35.4 Å². The Labute approximate surface area is 97.6 Å². The molecule has 0 aromatic heterocycles. The zero-order valence-electron chi connectivity index (χ0n) is 10.3. The Morgan fingerprint density at radius 3 is 2.44 bits per heavy atom. The molecule has 88 valence electrons. The van der Waals surface area contributed by atoms with Crippen molar-refractivity contribution in [1.82, 2.24) is 0 Å². The van der Waals surface area contributed by atoms with Gasteiger partial charge in [-0.25, -0.2) is 0 Å². The number of carbonyl (C=O) groups is 1. The minimum atomic E-state index is -0.103. The Hall–Kier alpha value is -1.31. The van der Waals surface area contributed by atoms with Crippen LogP contribution in [0.4, 0.5) is 0 Å². The van der Waals surface area contributed by atoms with Crippen molar-refractivity contribution in [2.45, 2.75) is 40.2 Å². The van der Waals surface area contributed by atoms with Gasteiger partial charge in [0.2, 0.25) is 0 Å². The molecule has 1 aromatic rings. The van der Waals surface area contributed by atoms with Crippen LogP contribution in [-0.2, 0) is 16.1 Å². The van der Waals surface area contributed by atoms with Crippen molar-refractivity contribution in [3.63, 3.8) is 0 Å². The lowest BCUT2D eigenvalue weighted by Crippen LogP contribution is -2.05. The summed E-state index contributed by atoms with van der Waals surface area (Å²) in [6, 6.07) is 8.03. The molecule has 0 fully saturated rings. The van der Waals surface area contributed by atoms with E-state index in [1.807, 2.05) is 31.2 Å². The fourth-order valence-corrected chi connectivity index (χ4v) is 1.33. The van der Waals surface area contributed by atoms with Crippen LogP contribution in [0.5, 0.6) is 0 Å². The van der Waals surface area contributed by atoms with E-state index in [0.717, 1.165) is 12.0 Å². The summed E-state index contributed by atoms with van der Waals surface area (Å²) in [5, 5.41) is 0. The van der Waals surface area contributed by atoms with E-state index in [2.05, 4.69) is 13.8 Å². The highest BCUT2D eigenvalue weighted by atomic mass is 16.5. The predicted octanol–water partition coefficient (Wildman–Crippen LogP) is 3.47. The second-order valence-corrected chi connectivity index (χ2v) is 4.58. The zero-order chi connectivity index (χ0) is 12.0. The van der Waals surface area contributed by atoms with Crippen molar-refractivity contribution in [2.75, 3.05) is 0 Å². The van der Waals surface area contributed by atoms with E-state index in [4.69, 9.17) is 4.74 Å². The Kier molecular flexibility index (Phi) is 5.03. The molecule has 0 aliphatic carbocycles. The molecule has 2 nitrogen and oxygen atoms in total. The summed E-state index contributed by atoms with van der Waals surface area (Å²) >= 11 is 0. The van der Waals surface area contributed by atoms with Crippen LogP contribution in [0.15, 0.2) is 24.3 Å². The first-order valence-corrected chi connectivity index (χ1v) is 5.79. The third-order valence-electron chi connectivity index (χ3n) is 2.45. The highest BCUT2D eigenvalue weighted by molar-refractivity contribution is 5.69. The Morgan fingerprint density at radius 2 is 1.88 bits per heavy atom. The number of hydrogen-bond donors (Lipinski definition) is 0. The highest BCUT2D eigenvalue weighted by Crippen LogP contribution is 2.08. The Bertz CT molecular complexity index is 325. The van der Waals surface area contributed by atoms with E-state index in [1.54, 1.807) is 0 Å². The standard InChI is InChI=1S/C14H20O2/c1-11(2)4-9-14(15)16-10-13-7-5-12(3)6-8-13/h5-8,11H,4,9-10H2,1-3H3. The second-order valence-electron chi connectivity index (χ2n) is 4.58. The summed E-state index contributed by atoms with van der Waals surface area (Å²) in [4.78, 5) is 11.4. The summed E-state index contributed by atoms with van der Waals surface area (Å²) in [5.74, 6) is 0.446. The minimum absolute atomic E-state index is 0.103. The second kappa shape index (κ2) is 6.31. The molecule has 2 heteroatoms. The number of carbonyl (C=O) groups excluding carboxylic acids is 1. The summed E-state index contributed by atoms with van der Waals surface area (Å²) in [7, 11) is 0. The molecular weight excluding hydrogens is 200 g/mol. The molecule has 0 radical (unpaired) electrons. The van der Waals surface area contributed by atoms with Gasteiger partial charge in [-0.2, -0.15) is 0 Å². The lowest BCUT2D eigenvalue weighted by atomic mass is 10.1. The molecule has 0 bridgehead atoms. The number of benzene rings is 1. The SMILES string of the molecule is Cc1ccc(COC(=O)CCC(C)C)cc1. The van der Waals surface area contributed by atoms with Crippen molar-refractivity contribution in [1.29, 1.82) is 0 Å². The van der Waals surface area contributed by atoms with Gasteiger partial charge in [-0.05, 0) is 24.8 Å². The molecule has 16 heavy (non-hydrogen) atoms. The maximum absolute atomic E-state index is 11.4. The zero-order valence-corrected chi connectivity index (χ0v) is 10.3. The number of esters is 1. The summed E-state index contributed by atoms with van der Waals surface area (Å²) in [6.07, 6.45) is 1.41. The van der Waals surface area contributed by atoms with Crippen LogP contribution in [0.2, 0.25) is 0 Å². The lowest BCUT2D eigenvalue weighted by Gasteiger charge is -2.06. The molecule has 0 aliphatic rings. The fraction of sp³-hybridized carbons (Fsp3) is 0.500. The van der Waals surface area contributed by atoms with Gasteiger partial charge in [-0.3, -0.25) is 4.79 Å². The Balaban J connectivity index is 2.29. The summed E-state index contributed by atoms with van der Waals surface area (Å²) < 4.78 is 5.18. The molecule has 0 aliphatic heterocycles. The molecule has 0 amide bonds. The van der Waals surface area contributed by atoms with Crippen molar-refractivity contribution >= 4 is 5.97 Å². The van der Waals surface area contributed by atoms with E-state index in [-0.39, 0.29) is 5.97 Å². The molecule has 0 heterocycles. The van der Waals surface area contributed by atoms with E-state index in [0.29, 0.717) is 18.9 Å². The topological polar surface area (TPSA) is 26.3 Å². The number of ether oxygens (including phenoxy) is 1. The molecule has 0 N–H and O–H groups in total. The normalized spacial score (nSPS) is 10.5. The average molecular weight is 220 g/mol. The first-order valence-electron chi connectivity index (χ1n) is 5.79. The number of rotatable bonds is 5. The average Bonchev–Trinajstić information content (AvgIpc) is 2.25. The fourth-order valence-electron chi connectivity index (χ4n) is 1.33. The maximum atomic E-state index is 11.4. The van der Waals surface area contributed by atoms with Gasteiger partial charge >= 0.3 is 5.97 Å². The molecule has 0 unspecified atom stereocenters. The van der Waals surface area contributed by atoms with Crippen LogP contribution < -0.4 is 0 Å². The van der Waals surface area contributed by atoms with Gasteiger partial charge in [0.25, 0.3) is 0 Å². The molecule has 1 rings (SSSR count). The van der Waals surface area contributed by atoms with Gasteiger partial charge < -0.3 is 4.74 Å². The minimum Gasteiger partial charge on any atom is -0.461 e. The van der Waals surface area contributed by atoms with Gasteiger partial charge in [0.1, 0.15) is 6.61 Å². The van der Waals surface area contributed by atoms with Crippen molar-refractivity contribution in [3.8, 4) is 0 Å². The quantitative estimate of drug-likeness (QED) is 0.710. The monoisotopic (exact) mass is 220 g/mol.